The summed E-state index contributed by atoms with van der Waals surface area (Å²) in [6.45, 7) is 7.47. The van der Waals surface area contributed by atoms with E-state index in [0.717, 1.165) is 9.75 Å². The maximum Gasteiger partial charge on any atom is 0.381 e. The maximum absolute atomic E-state index is 15.4. The summed E-state index contributed by atoms with van der Waals surface area (Å²) in [6, 6.07) is 8.33. The van der Waals surface area contributed by atoms with E-state index in [4.69, 9.17) is 23.2 Å². The summed E-state index contributed by atoms with van der Waals surface area (Å²) in [6.07, 6.45) is -7.22. The van der Waals surface area contributed by atoms with Crippen molar-refractivity contribution in [1.82, 2.24) is 0 Å². The van der Waals surface area contributed by atoms with Crippen LogP contribution in [0.25, 0.3) is 10.1 Å². The van der Waals surface area contributed by atoms with Crippen LogP contribution in [-0.2, 0) is 0 Å². The molecular weight excluding hydrogens is 1090 g/mol. The van der Waals surface area contributed by atoms with E-state index in [1.807, 2.05) is 12.1 Å². The molecule has 26 heteroatoms. The number of benzene rings is 4. The average Bonchev–Trinajstić information content (AvgIpc) is 3.91. The average molecular weight is 1090 g/mol. The number of thiophene rings is 2. The Morgan fingerprint density at radius 2 is 0.516 bits per heavy atom. The standard InChI is InChI=1S/C24BF20.C12H8Cl2IS2/c26-5-1(6(27)14(35)21(42)13(5)34)25(2-7(28)15(36)22(43)16(37)8(2)29,3-9(30)17(38)23(44)18(39)10(3)31)4-11(32)19(40)24(45)20(41)12(4)33;1-7(13)9-3-5-11(16-9)15-12-6-4-10(17-12)8(2)14/h;3-6H,1-2H2/q-1;+1. The molecule has 0 amide bonds. The van der Waals surface area contributed by atoms with Crippen molar-refractivity contribution in [2.75, 3.05) is 0 Å². The van der Waals surface area contributed by atoms with Crippen molar-refractivity contribution in [2.24, 2.45) is 0 Å². The summed E-state index contributed by atoms with van der Waals surface area (Å²) in [5.74, 6) is -71.4. The van der Waals surface area contributed by atoms with Crippen molar-refractivity contribution >= 4 is 83.9 Å². The fourth-order valence-corrected chi connectivity index (χ4v) is 12.4. The molecule has 0 unspecified atom stereocenters. The number of halogens is 23. The minimum absolute atomic E-state index is 0.143. The Hall–Kier alpha value is -4.27. The van der Waals surface area contributed by atoms with Crippen LogP contribution in [0, 0.1) is 122 Å². The highest BCUT2D eigenvalue weighted by Crippen LogP contribution is 2.31. The SMILES string of the molecule is C=C(Cl)c1ccc([I+]c2ccc(C(=C)Cl)s2)s1.Fc1c(F)c(F)c([B-](c2c(F)c(F)c(F)c(F)c2F)(c2c(F)c(F)c(F)c(F)c2F)c2c(F)c(F)c(F)c(F)c2F)c(F)c1F. The van der Waals surface area contributed by atoms with Gasteiger partial charge in [-0.1, -0.05) is 59.0 Å². The van der Waals surface area contributed by atoms with Crippen molar-refractivity contribution in [1.29, 1.82) is 0 Å². The van der Waals surface area contributed by atoms with E-state index in [1.54, 1.807) is 22.7 Å². The van der Waals surface area contributed by atoms with E-state index in [9.17, 15) is 52.7 Å². The van der Waals surface area contributed by atoms with Crippen LogP contribution in [0.15, 0.2) is 37.4 Å². The van der Waals surface area contributed by atoms with Gasteiger partial charge < -0.3 is 0 Å². The van der Waals surface area contributed by atoms with E-state index in [1.165, 1.54) is 5.77 Å². The van der Waals surface area contributed by atoms with Gasteiger partial charge in [0.2, 0.25) is 5.77 Å². The zero-order chi connectivity index (χ0) is 46.8. The quantitative estimate of drug-likeness (QED) is 0.0475. The predicted octanol–water partition coefficient (Wildman–Crippen LogP) is 8.20. The highest BCUT2D eigenvalue weighted by molar-refractivity contribution is 7.20. The molecule has 0 saturated heterocycles. The summed E-state index contributed by atoms with van der Waals surface area (Å²) in [4.78, 5) is 2.11. The molecule has 0 aliphatic carbocycles. The molecule has 0 aliphatic rings. The van der Waals surface area contributed by atoms with Gasteiger partial charge >= 0.3 is 21.2 Å². The second-order valence-corrected chi connectivity index (χ2v) is 19.3. The molecule has 0 fully saturated rings. The number of hydrogen-bond acceptors (Lipinski definition) is 2. The second kappa shape index (κ2) is 18.1. The van der Waals surface area contributed by atoms with E-state index < -0.39 is 144 Å². The molecule has 0 nitrogen and oxygen atoms in total. The van der Waals surface area contributed by atoms with Crippen LogP contribution < -0.4 is 43.1 Å². The molecule has 0 N–H and O–H groups in total. The Bertz CT molecular complexity index is 2430. The van der Waals surface area contributed by atoms with Gasteiger partial charge in [0.1, 0.15) is 52.7 Å². The van der Waals surface area contributed by atoms with Crippen molar-refractivity contribution in [3.63, 3.8) is 0 Å². The minimum atomic E-state index is -7.22. The molecule has 62 heavy (non-hydrogen) atoms. The molecule has 6 aromatic rings. The Labute approximate surface area is 360 Å². The lowest BCUT2D eigenvalue weighted by molar-refractivity contribution is -0.585. The minimum Gasteiger partial charge on any atom is -0.207 e. The smallest absolute Gasteiger partial charge is 0.207 e. The van der Waals surface area contributed by atoms with Crippen molar-refractivity contribution < 1.29 is 109 Å². The fourth-order valence-electron chi connectivity index (χ4n) is 5.99. The summed E-state index contributed by atoms with van der Waals surface area (Å²) < 4.78 is 297. The van der Waals surface area contributed by atoms with Crippen molar-refractivity contribution in [2.45, 2.75) is 0 Å². The van der Waals surface area contributed by atoms with Gasteiger partial charge in [0.15, 0.2) is 69.8 Å². The molecule has 0 aliphatic heterocycles. The van der Waals surface area contributed by atoms with Crippen LogP contribution in [0.3, 0.4) is 0 Å². The molecule has 328 valence electrons. The van der Waals surface area contributed by atoms with Crippen LogP contribution >= 0.6 is 45.9 Å². The largest absolute Gasteiger partial charge is 0.381 e. The molecule has 2 heterocycles. The lowest BCUT2D eigenvalue weighted by atomic mass is 9.12. The van der Waals surface area contributed by atoms with Gasteiger partial charge in [-0.05, 0) is 12.1 Å². The van der Waals surface area contributed by atoms with Crippen LogP contribution in [-0.4, -0.2) is 6.15 Å². The molecule has 0 radical (unpaired) electrons. The van der Waals surface area contributed by atoms with Gasteiger partial charge in [-0.2, -0.15) is 0 Å². The summed E-state index contributed by atoms with van der Waals surface area (Å²) in [5.41, 5.74) is -14.3. The molecule has 0 spiro atoms. The summed E-state index contributed by atoms with van der Waals surface area (Å²) in [7, 11) is 0. The van der Waals surface area contributed by atoms with E-state index in [2.05, 4.69) is 25.3 Å². The first-order chi connectivity index (χ1) is 28.8. The lowest BCUT2D eigenvalue weighted by Crippen LogP contribution is -3.61. The Morgan fingerprint density at radius 1 is 0.339 bits per heavy atom. The van der Waals surface area contributed by atoms with Crippen molar-refractivity contribution in [3.05, 3.63) is 169 Å². The Kier molecular flexibility index (Phi) is 14.2. The third-order valence-electron chi connectivity index (χ3n) is 8.57. The molecule has 4 aromatic carbocycles. The predicted molar refractivity (Wildman–Crippen MR) is 185 cm³/mol. The molecular formula is C36H8BCl2F20IS2. The summed E-state index contributed by atoms with van der Waals surface area (Å²) in [5, 5.41) is 1.23. The van der Waals surface area contributed by atoms with E-state index in [0.29, 0.717) is 10.1 Å². The Balaban J connectivity index is 0.000000355. The fraction of sp³-hybridized carbons (Fsp3) is 0. The third-order valence-corrected chi connectivity index (χ3v) is 15.2. The van der Waals surface area contributed by atoms with E-state index in [-0.39, 0.29) is 21.2 Å². The first-order valence-corrected chi connectivity index (χ1v) is 20.1. The monoisotopic (exact) mass is 1090 g/mol. The normalized spacial score (nSPS) is 11.6. The Morgan fingerprint density at radius 3 is 0.677 bits per heavy atom. The molecule has 6 rings (SSSR count). The topological polar surface area (TPSA) is 0 Å². The molecule has 0 atom stereocenters. The highest BCUT2D eigenvalue weighted by atomic mass is 127. The van der Waals surface area contributed by atoms with Crippen molar-refractivity contribution in [3.8, 4) is 0 Å². The van der Waals surface area contributed by atoms with Crippen LogP contribution in [0.5, 0.6) is 0 Å². The van der Waals surface area contributed by atoms with E-state index >= 15 is 35.1 Å². The summed E-state index contributed by atoms with van der Waals surface area (Å²) >= 11 is 15.0. The first kappa shape index (κ1) is 48.8. The first-order valence-electron chi connectivity index (χ1n) is 15.5. The van der Waals surface area contributed by atoms with Gasteiger partial charge in [-0.15, -0.1) is 21.9 Å². The molecule has 2 aromatic heterocycles. The lowest BCUT2D eigenvalue weighted by Gasteiger charge is -2.44. The molecule has 0 saturated carbocycles. The third kappa shape index (κ3) is 7.86. The van der Waals surface area contributed by atoms with Gasteiger partial charge in [0.05, 0.1) is 10.1 Å². The van der Waals surface area contributed by atoms with Gasteiger partial charge in [-0.25, -0.2) is 87.8 Å². The maximum atomic E-state index is 15.4. The number of rotatable bonds is 8. The zero-order valence-electron chi connectivity index (χ0n) is 28.8. The van der Waals surface area contributed by atoms with Crippen LogP contribution in [0.4, 0.5) is 87.8 Å². The zero-order valence-corrected chi connectivity index (χ0v) is 34.1. The molecule has 0 bridgehead atoms. The highest BCUT2D eigenvalue weighted by Gasteiger charge is 2.52. The number of hydrogen-bond donors (Lipinski definition) is 0. The second-order valence-electron chi connectivity index (χ2n) is 11.9. The van der Waals surface area contributed by atoms with Gasteiger partial charge in [0.25, 0.3) is 0 Å². The van der Waals surface area contributed by atoms with Crippen LogP contribution in [0.2, 0.25) is 0 Å². The van der Waals surface area contributed by atoms with Gasteiger partial charge in [-0.3, -0.25) is 0 Å². The van der Waals surface area contributed by atoms with Gasteiger partial charge in [0, 0.05) is 21.9 Å². The van der Waals surface area contributed by atoms with Crippen LogP contribution in [0.1, 0.15) is 9.75 Å².